The molecular formula is C16H22N2O4S. The molecular weight excluding hydrogens is 316 g/mol. The van der Waals surface area contributed by atoms with Crippen molar-refractivity contribution in [1.82, 2.24) is 10.6 Å². The summed E-state index contributed by atoms with van der Waals surface area (Å²) in [5.74, 6) is -1.15. The van der Waals surface area contributed by atoms with E-state index in [1.165, 1.54) is 21.8 Å². The van der Waals surface area contributed by atoms with Gasteiger partial charge in [0.1, 0.15) is 4.88 Å². The number of carbonyl (C=O) groups is 3. The van der Waals surface area contributed by atoms with Crippen molar-refractivity contribution < 1.29 is 19.1 Å². The Balaban J connectivity index is 1.78. The highest BCUT2D eigenvalue weighted by Gasteiger charge is 2.19. The number of esters is 1. The van der Waals surface area contributed by atoms with Gasteiger partial charge in [0, 0.05) is 10.9 Å². The van der Waals surface area contributed by atoms with Crippen LogP contribution < -0.4 is 10.6 Å². The Morgan fingerprint density at radius 3 is 2.74 bits per heavy atom. The highest BCUT2D eigenvalue weighted by Crippen LogP contribution is 2.29. The van der Waals surface area contributed by atoms with E-state index in [4.69, 9.17) is 4.74 Å². The molecule has 1 aliphatic rings. The van der Waals surface area contributed by atoms with Crippen molar-refractivity contribution in [2.75, 3.05) is 6.61 Å². The van der Waals surface area contributed by atoms with Crippen molar-refractivity contribution in [2.24, 2.45) is 0 Å². The number of thiophene rings is 1. The monoisotopic (exact) mass is 338 g/mol. The zero-order valence-electron chi connectivity index (χ0n) is 13.4. The van der Waals surface area contributed by atoms with Crippen LogP contribution in [-0.4, -0.2) is 30.6 Å². The third-order valence-electron chi connectivity index (χ3n) is 3.77. The van der Waals surface area contributed by atoms with Gasteiger partial charge >= 0.3 is 12.0 Å². The number of carbonyl (C=O) groups excluding carboxylic acids is 3. The molecule has 1 heterocycles. The van der Waals surface area contributed by atoms with E-state index in [-0.39, 0.29) is 6.04 Å². The van der Waals surface area contributed by atoms with E-state index >= 15 is 0 Å². The summed E-state index contributed by atoms with van der Waals surface area (Å²) in [6.45, 7) is 3.30. The van der Waals surface area contributed by atoms with E-state index in [2.05, 4.69) is 10.6 Å². The normalized spacial score (nSPS) is 14.5. The number of imide groups is 1. The number of hydrogen-bond acceptors (Lipinski definition) is 5. The fraction of sp³-hybridized carbons (Fsp3) is 0.562. The first kappa shape index (κ1) is 17.5. The Hall–Kier alpha value is -1.89. The van der Waals surface area contributed by atoms with Crippen molar-refractivity contribution >= 4 is 29.2 Å². The Labute approximate surface area is 139 Å². The van der Waals surface area contributed by atoms with Gasteiger partial charge in [-0.15, -0.1) is 11.3 Å². The van der Waals surface area contributed by atoms with Gasteiger partial charge in [0.2, 0.25) is 0 Å². The number of urea groups is 1. The molecule has 1 atom stereocenters. The van der Waals surface area contributed by atoms with E-state index in [0.29, 0.717) is 4.88 Å². The molecule has 0 radical (unpaired) electrons. The minimum atomic E-state index is -0.638. The summed E-state index contributed by atoms with van der Waals surface area (Å²) in [7, 11) is 0. The lowest BCUT2D eigenvalue weighted by atomic mass is 9.99. The minimum absolute atomic E-state index is 0.0252. The zero-order valence-corrected chi connectivity index (χ0v) is 14.3. The van der Waals surface area contributed by atoms with Crippen LogP contribution in [0.25, 0.3) is 0 Å². The molecule has 0 bridgehead atoms. The second kappa shape index (κ2) is 8.10. The molecule has 23 heavy (non-hydrogen) atoms. The van der Waals surface area contributed by atoms with E-state index in [1.54, 1.807) is 0 Å². The lowest BCUT2D eigenvalue weighted by Gasteiger charge is -2.11. The van der Waals surface area contributed by atoms with Gasteiger partial charge in [-0.25, -0.2) is 9.59 Å². The third kappa shape index (κ3) is 5.06. The van der Waals surface area contributed by atoms with Crippen LogP contribution in [-0.2, 0) is 22.4 Å². The maximum Gasteiger partial charge on any atom is 0.348 e. The first-order valence-corrected chi connectivity index (χ1v) is 8.70. The van der Waals surface area contributed by atoms with Gasteiger partial charge in [0.25, 0.3) is 5.91 Å². The number of nitrogens with one attached hydrogen (secondary N) is 2. The third-order valence-corrected chi connectivity index (χ3v) is 4.99. The van der Waals surface area contributed by atoms with Gasteiger partial charge in [-0.2, -0.15) is 0 Å². The molecule has 0 saturated heterocycles. The molecule has 7 heteroatoms. The zero-order chi connectivity index (χ0) is 16.8. The van der Waals surface area contributed by atoms with Crippen LogP contribution >= 0.6 is 11.3 Å². The molecule has 0 unspecified atom stereocenters. The second-order valence-electron chi connectivity index (χ2n) is 5.67. The molecule has 1 aromatic heterocycles. The highest BCUT2D eigenvalue weighted by atomic mass is 32.1. The SMILES string of the molecule is CC[C@H](C)NC(=O)NC(=O)COC(=O)c1cc2c(s1)CCCC2. The van der Waals surface area contributed by atoms with Crippen LogP contribution in [0.15, 0.2) is 6.07 Å². The van der Waals surface area contributed by atoms with Crippen molar-refractivity contribution in [2.45, 2.75) is 52.0 Å². The lowest BCUT2D eigenvalue weighted by Crippen LogP contribution is -2.44. The second-order valence-corrected chi connectivity index (χ2v) is 6.81. The van der Waals surface area contributed by atoms with Crippen molar-refractivity contribution in [3.05, 3.63) is 21.4 Å². The molecule has 126 valence electrons. The molecule has 1 aliphatic carbocycles. The van der Waals surface area contributed by atoms with Crippen molar-refractivity contribution in [1.29, 1.82) is 0 Å². The summed E-state index contributed by atoms with van der Waals surface area (Å²) in [5.41, 5.74) is 1.21. The van der Waals surface area contributed by atoms with Gasteiger partial charge in [0.05, 0.1) is 0 Å². The summed E-state index contributed by atoms with van der Waals surface area (Å²) in [4.78, 5) is 36.8. The Morgan fingerprint density at radius 2 is 2.04 bits per heavy atom. The van der Waals surface area contributed by atoms with Crippen LogP contribution in [0.5, 0.6) is 0 Å². The maximum atomic E-state index is 12.0. The molecule has 0 fully saturated rings. The molecule has 2 N–H and O–H groups in total. The van der Waals surface area contributed by atoms with E-state index in [1.807, 2.05) is 19.9 Å². The van der Waals surface area contributed by atoms with Crippen LogP contribution in [0.1, 0.15) is 53.2 Å². The first-order valence-electron chi connectivity index (χ1n) is 7.88. The van der Waals surface area contributed by atoms with Gasteiger partial charge in [0.15, 0.2) is 6.61 Å². The van der Waals surface area contributed by atoms with E-state index in [9.17, 15) is 14.4 Å². The van der Waals surface area contributed by atoms with Crippen LogP contribution in [0.2, 0.25) is 0 Å². The van der Waals surface area contributed by atoms with Gasteiger partial charge in [-0.1, -0.05) is 6.92 Å². The summed E-state index contributed by atoms with van der Waals surface area (Å²) in [6.07, 6.45) is 5.06. The minimum Gasteiger partial charge on any atom is -0.451 e. The fourth-order valence-corrected chi connectivity index (χ4v) is 3.47. The quantitative estimate of drug-likeness (QED) is 0.808. The number of rotatable bonds is 5. The van der Waals surface area contributed by atoms with Crippen LogP contribution in [0, 0.1) is 0 Å². The number of aryl methyl sites for hydroxylation is 2. The average molecular weight is 338 g/mol. The molecule has 6 nitrogen and oxygen atoms in total. The van der Waals surface area contributed by atoms with Crippen LogP contribution in [0.4, 0.5) is 4.79 Å². The largest absolute Gasteiger partial charge is 0.451 e. The average Bonchev–Trinajstić information content (AvgIpc) is 2.96. The Kier molecular flexibility index (Phi) is 6.15. The number of fused-ring (bicyclic) bond motifs is 1. The molecule has 0 saturated carbocycles. The molecule has 0 spiro atoms. The fourth-order valence-electron chi connectivity index (χ4n) is 2.32. The predicted molar refractivity (Wildman–Crippen MR) is 87.7 cm³/mol. The lowest BCUT2D eigenvalue weighted by molar-refractivity contribution is -0.123. The van der Waals surface area contributed by atoms with E-state index in [0.717, 1.165) is 32.1 Å². The summed E-state index contributed by atoms with van der Waals surface area (Å²) in [6, 6.07) is 1.25. The maximum absolute atomic E-state index is 12.0. The van der Waals surface area contributed by atoms with Gasteiger partial charge in [-0.05, 0) is 50.7 Å². The molecule has 3 amide bonds. The number of ether oxygens (including phenoxy) is 1. The molecule has 2 rings (SSSR count). The van der Waals surface area contributed by atoms with Gasteiger partial charge in [-0.3, -0.25) is 10.1 Å². The summed E-state index contributed by atoms with van der Waals surface area (Å²) < 4.78 is 4.98. The predicted octanol–water partition coefficient (Wildman–Crippen LogP) is 2.41. The van der Waals surface area contributed by atoms with Crippen LogP contribution in [0.3, 0.4) is 0 Å². The number of amides is 3. The number of hydrogen-bond donors (Lipinski definition) is 2. The van der Waals surface area contributed by atoms with E-state index < -0.39 is 24.5 Å². The molecule has 0 aromatic carbocycles. The Bertz CT molecular complexity index is 573. The molecule has 0 aliphatic heterocycles. The van der Waals surface area contributed by atoms with Gasteiger partial charge < -0.3 is 10.1 Å². The Morgan fingerprint density at radius 1 is 1.30 bits per heavy atom. The molecule has 1 aromatic rings. The van der Waals surface area contributed by atoms with Crippen molar-refractivity contribution in [3.8, 4) is 0 Å². The highest BCUT2D eigenvalue weighted by molar-refractivity contribution is 7.14. The summed E-state index contributed by atoms with van der Waals surface area (Å²) in [5, 5.41) is 4.74. The van der Waals surface area contributed by atoms with Crippen molar-refractivity contribution in [3.63, 3.8) is 0 Å². The topological polar surface area (TPSA) is 84.5 Å². The first-order chi connectivity index (χ1) is 11.0. The standard InChI is InChI=1S/C16H22N2O4S/c1-3-10(2)17-16(21)18-14(19)9-22-15(20)13-8-11-6-4-5-7-12(11)23-13/h8,10H,3-7,9H2,1-2H3,(H2,17,18,19,21)/t10-/m0/s1. The summed E-state index contributed by atoms with van der Waals surface area (Å²) >= 11 is 1.43. The smallest absolute Gasteiger partial charge is 0.348 e.